The maximum Gasteiger partial charge on any atom is 0.257 e. The molecule has 2 aliphatic heterocycles. The predicted molar refractivity (Wildman–Crippen MR) is 99.1 cm³/mol. The van der Waals surface area contributed by atoms with E-state index >= 15 is 0 Å². The zero-order valence-electron chi connectivity index (χ0n) is 15.5. The van der Waals surface area contributed by atoms with E-state index in [9.17, 15) is 4.79 Å². The number of hydrogen-bond donors (Lipinski definition) is 1. The lowest BCUT2D eigenvalue weighted by molar-refractivity contribution is 0.0191. The molecule has 4 heterocycles. The minimum atomic E-state index is -0.0280. The molecule has 2 aromatic rings. The lowest BCUT2D eigenvalue weighted by atomic mass is 9.80. The fourth-order valence-electron chi connectivity index (χ4n) is 3.83. The van der Waals surface area contributed by atoms with Gasteiger partial charge in [0, 0.05) is 56.7 Å². The van der Waals surface area contributed by atoms with E-state index in [1.54, 1.807) is 24.8 Å². The molecule has 2 aliphatic rings. The second kappa shape index (κ2) is 7.56. The van der Waals surface area contributed by atoms with Crippen molar-refractivity contribution in [3.05, 3.63) is 42.2 Å². The summed E-state index contributed by atoms with van der Waals surface area (Å²) in [6.07, 6.45) is 11.3. The summed E-state index contributed by atoms with van der Waals surface area (Å²) in [6, 6.07) is -0.0280. The van der Waals surface area contributed by atoms with Crippen LogP contribution in [-0.2, 0) is 4.74 Å². The summed E-state index contributed by atoms with van der Waals surface area (Å²) in [6.45, 7) is 5.19. The van der Waals surface area contributed by atoms with E-state index in [4.69, 9.17) is 4.74 Å². The molecule has 2 saturated heterocycles. The van der Waals surface area contributed by atoms with Crippen LogP contribution >= 0.6 is 0 Å². The van der Waals surface area contributed by atoms with Gasteiger partial charge >= 0.3 is 0 Å². The standard InChI is InChI=1S/C19H24N6O2/c1-14(15-8-20-13-21-9-15)24-18-22-10-16(11-23-18)17(26)25-5-2-19(12-25)3-6-27-7-4-19/h8-11,13-14H,2-7,12H2,1H3,(H,22,23,24)/t14-/m1/s1. The molecular weight excluding hydrogens is 344 g/mol. The van der Waals surface area contributed by atoms with Crippen LogP contribution in [0.3, 0.4) is 0 Å². The topological polar surface area (TPSA) is 93.1 Å². The van der Waals surface area contributed by atoms with Crippen LogP contribution in [0.4, 0.5) is 5.95 Å². The van der Waals surface area contributed by atoms with E-state index in [0.29, 0.717) is 11.5 Å². The molecule has 0 saturated carbocycles. The van der Waals surface area contributed by atoms with Gasteiger partial charge in [0.2, 0.25) is 5.95 Å². The fourth-order valence-corrected chi connectivity index (χ4v) is 3.83. The van der Waals surface area contributed by atoms with Gasteiger partial charge in [-0.25, -0.2) is 19.9 Å². The van der Waals surface area contributed by atoms with E-state index in [-0.39, 0.29) is 17.4 Å². The number of nitrogens with zero attached hydrogens (tertiary/aromatic N) is 5. The summed E-state index contributed by atoms with van der Waals surface area (Å²) in [4.78, 5) is 31.4. The highest BCUT2D eigenvalue weighted by Crippen LogP contribution is 2.40. The first-order chi connectivity index (χ1) is 13.2. The van der Waals surface area contributed by atoms with E-state index in [2.05, 4.69) is 25.3 Å². The molecule has 0 radical (unpaired) electrons. The van der Waals surface area contributed by atoms with E-state index < -0.39 is 0 Å². The van der Waals surface area contributed by atoms with Crippen LogP contribution in [0.15, 0.2) is 31.1 Å². The minimum absolute atomic E-state index is 0.00873. The van der Waals surface area contributed by atoms with Gasteiger partial charge in [-0.2, -0.15) is 0 Å². The maximum absolute atomic E-state index is 12.8. The van der Waals surface area contributed by atoms with E-state index in [0.717, 1.165) is 51.1 Å². The number of anilines is 1. The Kier molecular flexibility index (Phi) is 4.98. The largest absolute Gasteiger partial charge is 0.381 e. The highest BCUT2D eigenvalue weighted by atomic mass is 16.5. The zero-order valence-corrected chi connectivity index (χ0v) is 15.5. The summed E-state index contributed by atoms with van der Waals surface area (Å²) in [7, 11) is 0. The first kappa shape index (κ1) is 17.8. The Morgan fingerprint density at radius 2 is 1.85 bits per heavy atom. The van der Waals surface area contributed by atoms with Gasteiger partial charge in [0.1, 0.15) is 6.33 Å². The average Bonchev–Trinajstić information content (AvgIpc) is 3.12. The normalized spacial score (nSPS) is 19.8. The first-order valence-electron chi connectivity index (χ1n) is 9.36. The molecule has 4 rings (SSSR count). The Morgan fingerprint density at radius 3 is 2.56 bits per heavy atom. The van der Waals surface area contributed by atoms with Gasteiger partial charge in [-0.15, -0.1) is 0 Å². The van der Waals surface area contributed by atoms with Crippen LogP contribution in [0.1, 0.15) is 48.1 Å². The van der Waals surface area contributed by atoms with Crippen molar-refractivity contribution in [3.63, 3.8) is 0 Å². The molecule has 0 unspecified atom stereocenters. The van der Waals surface area contributed by atoms with Crippen molar-refractivity contribution in [1.82, 2.24) is 24.8 Å². The number of nitrogens with one attached hydrogen (secondary N) is 1. The van der Waals surface area contributed by atoms with Crippen LogP contribution in [0.25, 0.3) is 0 Å². The van der Waals surface area contributed by atoms with Gasteiger partial charge in [0.15, 0.2) is 0 Å². The maximum atomic E-state index is 12.8. The van der Waals surface area contributed by atoms with Gasteiger partial charge < -0.3 is 15.0 Å². The van der Waals surface area contributed by atoms with Crippen molar-refractivity contribution in [2.24, 2.45) is 5.41 Å². The Hall–Kier alpha value is -2.61. The van der Waals surface area contributed by atoms with Crippen molar-refractivity contribution in [2.45, 2.75) is 32.2 Å². The van der Waals surface area contributed by atoms with Gasteiger partial charge in [-0.05, 0) is 31.6 Å². The molecule has 1 spiro atoms. The van der Waals surface area contributed by atoms with Crippen molar-refractivity contribution < 1.29 is 9.53 Å². The molecule has 142 valence electrons. The lowest BCUT2D eigenvalue weighted by Gasteiger charge is -2.33. The number of hydrogen-bond acceptors (Lipinski definition) is 7. The number of likely N-dealkylation sites (tertiary alicyclic amines) is 1. The Bertz CT molecular complexity index is 777. The van der Waals surface area contributed by atoms with Crippen molar-refractivity contribution >= 4 is 11.9 Å². The second-order valence-corrected chi connectivity index (χ2v) is 7.42. The number of rotatable bonds is 4. The SMILES string of the molecule is C[C@@H](Nc1ncc(C(=O)N2CCC3(CCOCC3)C2)cn1)c1cncnc1. The molecule has 1 atom stereocenters. The number of carbonyl (C=O) groups is 1. The molecule has 2 fully saturated rings. The quantitative estimate of drug-likeness (QED) is 0.883. The van der Waals surface area contributed by atoms with Gasteiger partial charge in [-0.3, -0.25) is 4.79 Å². The first-order valence-corrected chi connectivity index (χ1v) is 9.36. The molecule has 1 amide bonds. The van der Waals surface area contributed by atoms with Crippen molar-refractivity contribution in [2.75, 3.05) is 31.6 Å². The molecule has 8 nitrogen and oxygen atoms in total. The second-order valence-electron chi connectivity index (χ2n) is 7.42. The third kappa shape index (κ3) is 3.90. The molecular formula is C19H24N6O2. The van der Waals surface area contributed by atoms with Crippen molar-refractivity contribution in [1.29, 1.82) is 0 Å². The Labute approximate surface area is 158 Å². The smallest absolute Gasteiger partial charge is 0.257 e. The van der Waals surface area contributed by atoms with Gasteiger partial charge in [0.25, 0.3) is 5.91 Å². The third-order valence-electron chi connectivity index (χ3n) is 5.60. The Morgan fingerprint density at radius 1 is 1.15 bits per heavy atom. The highest BCUT2D eigenvalue weighted by Gasteiger charge is 2.41. The third-order valence-corrected chi connectivity index (χ3v) is 5.60. The molecule has 0 aliphatic carbocycles. The average molecular weight is 368 g/mol. The van der Waals surface area contributed by atoms with E-state index in [1.165, 1.54) is 6.33 Å². The molecule has 27 heavy (non-hydrogen) atoms. The van der Waals surface area contributed by atoms with E-state index in [1.807, 2.05) is 11.8 Å². The number of ether oxygens (including phenoxy) is 1. The van der Waals surface area contributed by atoms with Crippen LogP contribution in [0, 0.1) is 5.41 Å². The highest BCUT2D eigenvalue weighted by molar-refractivity contribution is 5.94. The Balaban J connectivity index is 1.38. The number of aromatic nitrogens is 4. The lowest BCUT2D eigenvalue weighted by Crippen LogP contribution is -2.35. The summed E-state index contributed by atoms with van der Waals surface area (Å²) < 4.78 is 5.48. The fraction of sp³-hybridized carbons (Fsp3) is 0.526. The summed E-state index contributed by atoms with van der Waals surface area (Å²) in [5.41, 5.74) is 1.71. The molecule has 2 aromatic heterocycles. The summed E-state index contributed by atoms with van der Waals surface area (Å²) in [5, 5.41) is 3.20. The molecule has 0 bridgehead atoms. The molecule has 1 N–H and O–H groups in total. The van der Waals surface area contributed by atoms with Crippen LogP contribution in [-0.4, -0.2) is 57.0 Å². The predicted octanol–water partition coefficient (Wildman–Crippen LogP) is 2.08. The van der Waals surface area contributed by atoms with Crippen LogP contribution < -0.4 is 5.32 Å². The monoisotopic (exact) mass is 368 g/mol. The molecule has 8 heteroatoms. The zero-order chi connectivity index (χ0) is 18.7. The van der Waals surface area contributed by atoms with Crippen molar-refractivity contribution in [3.8, 4) is 0 Å². The van der Waals surface area contributed by atoms with Gasteiger partial charge in [0.05, 0.1) is 11.6 Å². The van der Waals surface area contributed by atoms with Crippen LogP contribution in [0.2, 0.25) is 0 Å². The molecule has 0 aromatic carbocycles. The number of carbonyl (C=O) groups excluding carboxylic acids is 1. The summed E-state index contributed by atoms with van der Waals surface area (Å²) >= 11 is 0. The number of amides is 1. The summed E-state index contributed by atoms with van der Waals surface area (Å²) in [5.74, 6) is 0.486. The van der Waals surface area contributed by atoms with Crippen LogP contribution in [0.5, 0.6) is 0 Å². The minimum Gasteiger partial charge on any atom is -0.381 e. The van der Waals surface area contributed by atoms with Gasteiger partial charge in [-0.1, -0.05) is 0 Å².